The van der Waals surface area contributed by atoms with Gasteiger partial charge in [0.2, 0.25) is 10.0 Å². The SMILES string of the molecule is CCc1cccc(NC(=O)N2CCN(S(=O)(=O)[C@@H]3CCS(=O)(=O)C3)CC2)c1. The zero-order chi connectivity index (χ0) is 19.7. The van der Waals surface area contributed by atoms with Gasteiger partial charge in [-0.1, -0.05) is 19.1 Å². The van der Waals surface area contributed by atoms with Crippen LogP contribution in [0.2, 0.25) is 0 Å². The average molecular weight is 416 g/mol. The summed E-state index contributed by atoms with van der Waals surface area (Å²) in [5.41, 5.74) is 1.83. The summed E-state index contributed by atoms with van der Waals surface area (Å²) >= 11 is 0. The zero-order valence-electron chi connectivity index (χ0n) is 15.3. The summed E-state index contributed by atoms with van der Waals surface area (Å²) in [7, 11) is -6.92. The van der Waals surface area contributed by atoms with Crippen molar-refractivity contribution in [2.24, 2.45) is 0 Å². The predicted molar refractivity (Wildman–Crippen MR) is 104 cm³/mol. The number of amides is 2. The lowest BCUT2D eigenvalue weighted by molar-refractivity contribution is 0.184. The van der Waals surface area contributed by atoms with Crippen LogP contribution in [0, 0.1) is 0 Å². The molecule has 10 heteroatoms. The number of aryl methyl sites for hydroxylation is 1. The summed E-state index contributed by atoms with van der Waals surface area (Å²) in [6, 6.07) is 7.35. The molecular formula is C17H25N3O5S2. The fraction of sp³-hybridized carbons (Fsp3) is 0.588. The van der Waals surface area contributed by atoms with E-state index in [9.17, 15) is 21.6 Å². The Morgan fingerprint density at radius 3 is 2.52 bits per heavy atom. The monoisotopic (exact) mass is 415 g/mol. The number of carbonyl (C=O) groups is 1. The molecule has 0 spiro atoms. The first-order chi connectivity index (χ1) is 12.7. The van der Waals surface area contributed by atoms with E-state index in [2.05, 4.69) is 5.32 Å². The highest BCUT2D eigenvalue weighted by atomic mass is 32.2. The molecule has 2 amide bonds. The highest BCUT2D eigenvalue weighted by molar-refractivity contribution is 7.95. The molecule has 0 radical (unpaired) electrons. The van der Waals surface area contributed by atoms with Crippen molar-refractivity contribution in [1.82, 2.24) is 9.21 Å². The van der Waals surface area contributed by atoms with Gasteiger partial charge in [-0.2, -0.15) is 4.31 Å². The van der Waals surface area contributed by atoms with E-state index in [0.29, 0.717) is 5.69 Å². The van der Waals surface area contributed by atoms with Gasteiger partial charge in [0.25, 0.3) is 0 Å². The molecule has 2 heterocycles. The Morgan fingerprint density at radius 1 is 1.22 bits per heavy atom. The number of piperazine rings is 1. The van der Waals surface area contributed by atoms with Crippen molar-refractivity contribution < 1.29 is 21.6 Å². The fourth-order valence-electron chi connectivity index (χ4n) is 3.42. The lowest BCUT2D eigenvalue weighted by Gasteiger charge is -2.35. The molecule has 150 valence electrons. The van der Waals surface area contributed by atoms with Crippen molar-refractivity contribution >= 4 is 31.6 Å². The van der Waals surface area contributed by atoms with Crippen molar-refractivity contribution in [2.75, 3.05) is 43.0 Å². The van der Waals surface area contributed by atoms with Crippen LogP contribution in [0.4, 0.5) is 10.5 Å². The van der Waals surface area contributed by atoms with Crippen LogP contribution in [0.3, 0.4) is 0 Å². The number of nitrogens with zero attached hydrogens (tertiary/aromatic N) is 2. The molecule has 1 atom stereocenters. The van der Waals surface area contributed by atoms with Crippen molar-refractivity contribution in [3.63, 3.8) is 0 Å². The van der Waals surface area contributed by atoms with Crippen LogP contribution in [0.15, 0.2) is 24.3 Å². The van der Waals surface area contributed by atoms with Crippen molar-refractivity contribution in [2.45, 2.75) is 25.0 Å². The molecule has 27 heavy (non-hydrogen) atoms. The molecular weight excluding hydrogens is 390 g/mol. The minimum Gasteiger partial charge on any atom is -0.322 e. The van der Waals surface area contributed by atoms with Crippen LogP contribution >= 0.6 is 0 Å². The average Bonchev–Trinajstić information content (AvgIpc) is 3.02. The van der Waals surface area contributed by atoms with Crippen LogP contribution in [0.1, 0.15) is 18.9 Å². The molecule has 1 aromatic carbocycles. The summed E-state index contributed by atoms with van der Waals surface area (Å²) in [5.74, 6) is -0.375. The molecule has 2 aliphatic heterocycles. The number of sulfone groups is 1. The lowest BCUT2D eigenvalue weighted by Crippen LogP contribution is -2.53. The van der Waals surface area contributed by atoms with Gasteiger partial charge in [-0.15, -0.1) is 0 Å². The van der Waals surface area contributed by atoms with Crippen molar-refractivity contribution in [1.29, 1.82) is 0 Å². The molecule has 0 unspecified atom stereocenters. The maximum absolute atomic E-state index is 12.7. The predicted octanol–water partition coefficient (Wildman–Crippen LogP) is 0.915. The van der Waals surface area contributed by atoms with E-state index >= 15 is 0 Å². The smallest absolute Gasteiger partial charge is 0.321 e. The number of benzene rings is 1. The number of rotatable bonds is 4. The van der Waals surface area contributed by atoms with Gasteiger partial charge in [0.05, 0.1) is 16.8 Å². The second-order valence-electron chi connectivity index (χ2n) is 6.94. The van der Waals surface area contributed by atoms with Crippen molar-refractivity contribution in [3.05, 3.63) is 29.8 Å². The standard InChI is InChI=1S/C17H25N3O5S2/c1-2-14-4-3-5-15(12-14)18-17(21)19-7-9-20(10-8-19)27(24,25)16-6-11-26(22,23)13-16/h3-5,12,16H,2,6-11,13H2,1H3,(H,18,21)/t16-/m1/s1. The third-order valence-corrected chi connectivity index (χ3v) is 9.39. The number of urea groups is 1. The van der Waals surface area contributed by atoms with E-state index in [1.807, 2.05) is 31.2 Å². The molecule has 0 saturated carbocycles. The van der Waals surface area contributed by atoms with E-state index in [-0.39, 0.29) is 50.1 Å². The summed E-state index contributed by atoms with van der Waals surface area (Å²) in [6.07, 6.45) is 1.02. The van der Waals surface area contributed by atoms with E-state index < -0.39 is 25.1 Å². The third kappa shape index (κ3) is 4.61. The van der Waals surface area contributed by atoms with Crippen molar-refractivity contribution in [3.8, 4) is 0 Å². The number of hydrogen-bond acceptors (Lipinski definition) is 5. The Morgan fingerprint density at radius 2 is 1.93 bits per heavy atom. The van der Waals surface area contributed by atoms with Crippen LogP contribution in [0.5, 0.6) is 0 Å². The number of sulfonamides is 1. The topological polar surface area (TPSA) is 104 Å². The highest BCUT2D eigenvalue weighted by Gasteiger charge is 2.41. The summed E-state index contributed by atoms with van der Waals surface area (Å²) in [4.78, 5) is 14.0. The number of anilines is 1. The molecule has 2 aliphatic rings. The molecule has 2 fully saturated rings. The van der Waals surface area contributed by atoms with Gasteiger partial charge < -0.3 is 10.2 Å². The van der Waals surface area contributed by atoms with Crippen LogP contribution in [-0.4, -0.2) is 75.0 Å². The normalized spacial score (nSPS) is 23.3. The fourth-order valence-corrected chi connectivity index (χ4v) is 7.94. The van der Waals surface area contributed by atoms with Gasteiger partial charge in [-0.25, -0.2) is 21.6 Å². The Hall–Kier alpha value is -1.65. The molecule has 0 aliphatic carbocycles. The molecule has 3 rings (SSSR count). The van der Waals surface area contributed by atoms with Crippen LogP contribution in [-0.2, 0) is 26.3 Å². The maximum Gasteiger partial charge on any atom is 0.321 e. The van der Waals surface area contributed by atoms with Gasteiger partial charge in [0.15, 0.2) is 9.84 Å². The second-order valence-corrected chi connectivity index (χ2v) is 11.4. The third-order valence-electron chi connectivity index (χ3n) is 5.08. The highest BCUT2D eigenvalue weighted by Crippen LogP contribution is 2.23. The van der Waals surface area contributed by atoms with Gasteiger partial charge in [-0.3, -0.25) is 0 Å². The van der Waals surface area contributed by atoms with Gasteiger partial charge in [0, 0.05) is 31.9 Å². The summed E-state index contributed by atoms with van der Waals surface area (Å²) < 4.78 is 49.8. The van der Waals surface area contributed by atoms with Gasteiger partial charge in [0.1, 0.15) is 0 Å². The van der Waals surface area contributed by atoms with Crippen LogP contribution in [0.25, 0.3) is 0 Å². The molecule has 0 bridgehead atoms. The Bertz CT molecular complexity index is 906. The first-order valence-corrected chi connectivity index (χ1v) is 12.4. The summed E-state index contributed by atoms with van der Waals surface area (Å²) in [6.45, 7) is 2.95. The van der Waals surface area contributed by atoms with Gasteiger partial charge in [-0.05, 0) is 30.5 Å². The van der Waals surface area contributed by atoms with E-state index in [4.69, 9.17) is 0 Å². The Labute approximate surface area is 160 Å². The molecule has 1 aromatic rings. The second kappa shape index (κ2) is 7.76. The first kappa shape index (κ1) is 20.1. The first-order valence-electron chi connectivity index (χ1n) is 9.05. The largest absolute Gasteiger partial charge is 0.322 e. The minimum absolute atomic E-state index is 0.0733. The lowest BCUT2D eigenvalue weighted by atomic mass is 10.1. The zero-order valence-corrected chi connectivity index (χ0v) is 16.9. The number of nitrogens with one attached hydrogen (secondary N) is 1. The van der Waals surface area contributed by atoms with Gasteiger partial charge >= 0.3 is 6.03 Å². The minimum atomic E-state index is -3.65. The molecule has 8 nitrogen and oxygen atoms in total. The number of hydrogen-bond donors (Lipinski definition) is 1. The van der Waals surface area contributed by atoms with E-state index in [1.54, 1.807) is 4.90 Å². The molecule has 1 N–H and O–H groups in total. The quantitative estimate of drug-likeness (QED) is 0.787. The Balaban J connectivity index is 1.57. The molecule has 2 saturated heterocycles. The van der Waals surface area contributed by atoms with Crippen LogP contribution < -0.4 is 5.32 Å². The number of carbonyl (C=O) groups excluding carboxylic acids is 1. The van der Waals surface area contributed by atoms with E-state index in [0.717, 1.165) is 12.0 Å². The van der Waals surface area contributed by atoms with E-state index in [1.165, 1.54) is 4.31 Å². The molecule has 0 aromatic heterocycles. The maximum atomic E-state index is 12.7. The Kier molecular flexibility index (Phi) is 5.78. The summed E-state index contributed by atoms with van der Waals surface area (Å²) in [5, 5.41) is 1.98.